The second-order valence-corrected chi connectivity index (χ2v) is 6.19. The summed E-state index contributed by atoms with van der Waals surface area (Å²) in [5.41, 5.74) is 0.173. The summed E-state index contributed by atoms with van der Waals surface area (Å²) in [5, 5.41) is 3.40. The summed E-state index contributed by atoms with van der Waals surface area (Å²) in [6.07, 6.45) is 9.16. The topological polar surface area (TPSA) is 30.5 Å². The van der Waals surface area contributed by atoms with Crippen LogP contribution in [0.25, 0.3) is 0 Å². The first kappa shape index (κ1) is 14.3. The molecule has 1 aliphatic heterocycles. The van der Waals surface area contributed by atoms with Crippen LogP contribution in [0, 0.1) is 0 Å². The van der Waals surface area contributed by atoms with E-state index < -0.39 is 0 Å². The maximum Gasteiger partial charge on any atom is 0.0707 e. The van der Waals surface area contributed by atoms with E-state index in [0.29, 0.717) is 12.1 Å². The normalized spacial score (nSPS) is 27.8. The Kier molecular flexibility index (Phi) is 5.46. The second-order valence-electron chi connectivity index (χ2n) is 6.19. The van der Waals surface area contributed by atoms with Gasteiger partial charge < -0.3 is 14.8 Å². The van der Waals surface area contributed by atoms with Gasteiger partial charge in [-0.3, -0.25) is 0 Å². The van der Waals surface area contributed by atoms with E-state index in [4.69, 9.17) is 9.47 Å². The van der Waals surface area contributed by atoms with Gasteiger partial charge in [0, 0.05) is 25.6 Å². The van der Waals surface area contributed by atoms with Crippen molar-refractivity contribution in [3.63, 3.8) is 0 Å². The molecule has 1 aliphatic carbocycles. The number of hydrogen-bond donors (Lipinski definition) is 1. The van der Waals surface area contributed by atoms with E-state index in [1.165, 1.54) is 32.1 Å². The Morgan fingerprint density at radius 3 is 2.78 bits per heavy atom. The van der Waals surface area contributed by atoms with Gasteiger partial charge in [0.1, 0.15) is 0 Å². The van der Waals surface area contributed by atoms with Gasteiger partial charge >= 0.3 is 0 Å². The Morgan fingerprint density at radius 2 is 2.06 bits per heavy atom. The molecule has 106 valence electrons. The van der Waals surface area contributed by atoms with Crippen molar-refractivity contribution in [3.05, 3.63) is 0 Å². The fraction of sp³-hybridized carbons (Fsp3) is 1.00. The molecule has 0 aromatic carbocycles. The molecule has 3 heteroatoms. The van der Waals surface area contributed by atoms with Crippen LogP contribution in [0.2, 0.25) is 0 Å². The summed E-state index contributed by atoms with van der Waals surface area (Å²) in [4.78, 5) is 0. The predicted octanol–water partition coefficient (Wildman–Crippen LogP) is 2.88. The van der Waals surface area contributed by atoms with E-state index in [1.807, 2.05) is 0 Å². The minimum absolute atomic E-state index is 0.173. The molecule has 1 unspecified atom stereocenters. The van der Waals surface area contributed by atoms with Crippen LogP contribution in [0.5, 0.6) is 0 Å². The Hall–Kier alpha value is -0.120. The smallest absolute Gasteiger partial charge is 0.0707 e. The van der Waals surface area contributed by atoms with Crippen molar-refractivity contribution in [2.24, 2.45) is 0 Å². The van der Waals surface area contributed by atoms with Crippen molar-refractivity contribution in [2.45, 2.75) is 76.5 Å². The molecule has 0 radical (unpaired) electrons. The molecule has 0 aromatic heterocycles. The van der Waals surface area contributed by atoms with Gasteiger partial charge in [-0.15, -0.1) is 0 Å². The van der Waals surface area contributed by atoms with Crippen molar-refractivity contribution in [3.8, 4) is 0 Å². The third-order valence-corrected chi connectivity index (χ3v) is 4.22. The third-order valence-electron chi connectivity index (χ3n) is 4.22. The molecule has 1 saturated carbocycles. The van der Waals surface area contributed by atoms with Gasteiger partial charge in [-0.2, -0.15) is 0 Å². The van der Waals surface area contributed by atoms with E-state index >= 15 is 0 Å². The van der Waals surface area contributed by atoms with Gasteiger partial charge in [0.15, 0.2) is 0 Å². The first-order valence-electron chi connectivity index (χ1n) is 7.69. The van der Waals surface area contributed by atoms with E-state index in [9.17, 15) is 0 Å². The Balaban J connectivity index is 1.69. The van der Waals surface area contributed by atoms with E-state index in [0.717, 1.165) is 32.6 Å². The van der Waals surface area contributed by atoms with Crippen molar-refractivity contribution in [1.29, 1.82) is 0 Å². The molecule has 0 aromatic rings. The van der Waals surface area contributed by atoms with E-state index in [2.05, 4.69) is 19.2 Å². The number of ether oxygens (including phenoxy) is 2. The first-order valence-corrected chi connectivity index (χ1v) is 7.69. The molecule has 0 amide bonds. The van der Waals surface area contributed by atoms with Crippen LogP contribution in [0.4, 0.5) is 0 Å². The Labute approximate surface area is 112 Å². The molecular weight excluding hydrogens is 226 g/mol. The monoisotopic (exact) mass is 255 g/mol. The average Bonchev–Trinajstić information content (AvgIpc) is 2.36. The van der Waals surface area contributed by atoms with E-state index in [1.54, 1.807) is 0 Å². The zero-order valence-electron chi connectivity index (χ0n) is 12.0. The lowest BCUT2D eigenvalue weighted by atomic mass is 9.79. The zero-order chi connectivity index (χ0) is 12.8. The molecule has 2 aliphatic rings. The van der Waals surface area contributed by atoms with Gasteiger partial charge in [-0.25, -0.2) is 0 Å². The molecular formula is C15H29NO2. The van der Waals surface area contributed by atoms with Crippen LogP contribution in [0.1, 0.15) is 58.8 Å². The SMILES string of the molecule is CC(C)NCCOC1CCOC2(CCCCC2)C1. The minimum Gasteiger partial charge on any atom is -0.377 e. The summed E-state index contributed by atoms with van der Waals surface area (Å²) in [5.74, 6) is 0. The minimum atomic E-state index is 0.173. The fourth-order valence-corrected chi connectivity index (χ4v) is 3.24. The molecule has 2 rings (SSSR count). The standard InChI is InChI=1S/C15H29NO2/c1-13(2)16-9-11-17-14-6-10-18-15(12-14)7-4-3-5-8-15/h13-14,16H,3-12H2,1-2H3. The second kappa shape index (κ2) is 6.88. The lowest BCUT2D eigenvalue weighted by molar-refractivity contribution is -0.147. The lowest BCUT2D eigenvalue weighted by Crippen LogP contribution is -2.44. The molecule has 1 saturated heterocycles. The van der Waals surface area contributed by atoms with Crippen LogP contribution < -0.4 is 5.32 Å². The molecule has 1 atom stereocenters. The summed E-state index contributed by atoms with van der Waals surface area (Å²) >= 11 is 0. The summed E-state index contributed by atoms with van der Waals surface area (Å²) in [6.45, 7) is 7.03. The predicted molar refractivity (Wildman–Crippen MR) is 73.9 cm³/mol. The van der Waals surface area contributed by atoms with Crippen LogP contribution in [-0.2, 0) is 9.47 Å². The van der Waals surface area contributed by atoms with Crippen molar-refractivity contribution < 1.29 is 9.47 Å². The van der Waals surface area contributed by atoms with Gasteiger partial charge in [0.05, 0.1) is 18.3 Å². The highest BCUT2D eigenvalue weighted by molar-refractivity contribution is 4.90. The Morgan fingerprint density at radius 1 is 1.28 bits per heavy atom. The fourth-order valence-electron chi connectivity index (χ4n) is 3.24. The molecule has 2 fully saturated rings. The van der Waals surface area contributed by atoms with Crippen LogP contribution in [0.15, 0.2) is 0 Å². The molecule has 0 bridgehead atoms. The quantitative estimate of drug-likeness (QED) is 0.766. The maximum absolute atomic E-state index is 6.09. The number of rotatable bonds is 5. The molecule has 1 N–H and O–H groups in total. The average molecular weight is 255 g/mol. The highest BCUT2D eigenvalue weighted by Crippen LogP contribution is 2.39. The maximum atomic E-state index is 6.09. The molecule has 18 heavy (non-hydrogen) atoms. The lowest BCUT2D eigenvalue weighted by Gasteiger charge is -2.43. The van der Waals surface area contributed by atoms with Gasteiger partial charge in [-0.1, -0.05) is 33.1 Å². The molecule has 1 spiro atoms. The number of nitrogens with one attached hydrogen (secondary N) is 1. The summed E-state index contributed by atoms with van der Waals surface area (Å²) < 4.78 is 12.1. The van der Waals surface area contributed by atoms with Gasteiger partial charge in [-0.05, 0) is 19.3 Å². The Bertz CT molecular complexity index is 231. The van der Waals surface area contributed by atoms with Crippen molar-refractivity contribution in [1.82, 2.24) is 5.32 Å². The third kappa shape index (κ3) is 4.22. The van der Waals surface area contributed by atoms with E-state index in [-0.39, 0.29) is 5.60 Å². The number of hydrogen-bond acceptors (Lipinski definition) is 3. The van der Waals surface area contributed by atoms with Gasteiger partial charge in [0.2, 0.25) is 0 Å². The van der Waals surface area contributed by atoms with Crippen LogP contribution in [0.3, 0.4) is 0 Å². The molecule has 1 heterocycles. The highest BCUT2D eigenvalue weighted by atomic mass is 16.5. The van der Waals surface area contributed by atoms with Gasteiger partial charge in [0.25, 0.3) is 0 Å². The highest BCUT2D eigenvalue weighted by Gasteiger charge is 2.38. The van der Waals surface area contributed by atoms with Crippen LogP contribution >= 0.6 is 0 Å². The molecule has 3 nitrogen and oxygen atoms in total. The van der Waals surface area contributed by atoms with Crippen LogP contribution in [-0.4, -0.2) is 37.5 Å². The van der Waals surface area contributed by atoms with Crippen molar-refractivity contribution >= 4 is 0 Å². The largest absolute Gasteiger partial charge is 0.377 e. The summed E-state index contributed by atoms with van der Waals surface area (Å²) in [7, 11) is 0. The summed E-state index contributed by atoms with van der Waals surface area (Å²) in [6, 6.07) is 0.549. The zero-order valence-corrected chi connectivity index (χ0v) is 12.0. The first-order chi connectivity index (χ1) is 8.70. The van der Waals surface area contributed by atoms with Crippen molar-refractivity contribution in [2.75, 3.05) is 19.8 Å².